The molecule has 0 unspecified atom stereocenters. The van der Waals surface area contributed by atoms with Gasteiger partial charge >= 0.3 is 5.97 Å². The van der Waals surface area contributed by atoms with Crippen LogP contribution in [0.1, 0.15) is 19.4 Å². The normalized spacial score (nSPS) is 25.1. The summed E-state index contributed by atoms with van der Waals surface area (Å²) >= 11 is 2.79. The largest absolute Gasteiger partial charge is 0.484 e. The van der Waals surface area contributed by atoms with Crippen LogP contribution in [0.4, 0.5) is 0 Å². The molecule has 174 valence electrons. The Hall–Kier alpha value is -2.65. The molecule has 0 aliphatic carbocycles. The molecule has 0 bridgehead atoms. The van der Waals surface area contributed by atoms with Gasteiger partial charge in [-0.1, -0.05) is 48.5 Å². The maximum atomic E-state index is 13.4. The van der Waals surface area contributed by atoms with E-state index in [2.05, 4.69) is 5.32 Å². The Labute approximate surface area is 201 Å². The van der Waals surface area contributed by atoms with Crippen LogP contribution in [0, 0.1) is 0 Å². The van der Waals surface area contributed by atoms with E-state index in [9.17, 15) is 14.4 Å². The van der Waals surface area contributed by atoms with E-state index in [-0.39, 0.29) is 30.4 Å². The van der Waals surface area contributed by atoms with Crippen molar-refractivity contribution < 1.29 is 23.9 Å². The first-order chi connectivity index (χ1) is 15.8. The van der Waals surface area contributed by atoms with Crippen LogP contribution in [-0.4, -0.2) is 56.6 Å². The third-order valence-electron chi connectivity index (χ3n) is 5.83. The summed E-state index contributed by atoms with van der Waals surface area (Å²) in [6.45, 7) is 3.80. The van der Waals surface area contributed by atoms with E-state index >= 15 is 0 Å². The molecule has 0 aromatic heterocycles. The molecule has 7 nitrogen and oxygen atoms in total. The van der Waals surface area contributed by atoms with Gasteiger partial charge in [-0.05, 0) is 37.8 Å². The summed E-state index contributed by atoms with van der Waals surface area (Å²) in [5, 5.41) is 2.41. The molecule has 4 rings (SSSR count). The highest BCUT2D eigenvalue weighted by Crippen LogP contribution is 2.60. The fourth-order valence-electron chi connectivity index (χ4n) is 4.20. The Bertz CT molecular complexity index is 1030. The summed E-state index contributed by atoms with van der Waals surface area (Å²) in [4.78, 5) is 39.3. The Balaban J connectivity index is 1.43. The third-order valence-corrected chi connectivity index (χ3v) is 9.03. The zero-order chi connectivity index (χ0) is 23.6. The van der Waals surface area contributed by atoms with Crippen molar-refractivity contribution in [3.05, 3.63) is 66.2 Å². The highest BCUT2D eigenvalue weighted by atomic mass is 32.2. The summed E-state index contributed by atoms with van der Waals surface area (Å²) in [5.41, 5.74) is 0.876. The minimum absolute atomic E-state index is 0.131. The van der Waals surface area contributed by atoms with Gasteiger partial charge in [-0.2, -0.15) is 0 Å². The van der Waals surface area contributed by atoms with Crippen LogP contribution in [0.25, 0.3) is 0 Å². The zero-order valence-electron chi connectivity index (χ0n) is 18.6. The number of hydrogen-bond donors (Lipinski definition) is 1. The average Bonchev–Trinajstić information content (AvgIpc) is 3.05. The molecular weight excluding hydrogens is 460 g/mol. The second kappa shape index (κ2) is 9.30. The van der Waals surface area contributed by atoms with Gasteiger partial charge in [-0.15, -0.1) is 23.5 Å². The van der Waals surface area contributed by atoms with E-state index in [1.807, 2.05) is 62.4 Å². The van der Waals surface area contributed by atoms with E-state index in [1.54, 1.807) is 23.3 Å². The Kier molecular flexibility index (Phi) is 6.63. The molecule has 2 aromatic carbocycles. The van der Waals surface area contributed by atoms with Crippen LogP contribution in [0.15, 0.2) is 60.7 Å². The Morgan fingerprint density at radius 1 is 1.09 bits per heavy atom. The predicted molar refractivity (Wildman–Crippen MR) is 129 cm³/mol. The number of carbonyl (C=O) groups is 3. The van der Waals surface area contributed by atoms with Gasteiger partial charge in [0.15, 0.2) is 6.61 Å². The van der Waals surface area contributed by atoms with Gasteiger partial charge in [0.05, 0.1) is 4.75 Å². The average molecular weight is 487 g/mol. The minimum atomic E-state index is -1.18. The quantitative estimate of drug-likeness (QED) is 0.453. The number of rotatable bonds is 8. The number of nitrogens with one attached hydrogen (secondary N) is 1. The van der Waals surface area contributed by atoms with Crippen molar-refractivity contribution in [2.24, 2.45) is 0 Å². The number of β-lactam (4-membered cyclic amide) rings is 1. The van der Waals surface area contributed by atoms with Crippen molar-refractivity contribution in [2.45, 2.75) is 41.5 Å². The molecule has 2 aliphatic rings. The van der Waals surface area contributed by atoms with Crippen LogP contribution in [-0.2, 0) is 25.7 Å². The number of para-hydroxylation sites is 1. The summed E-state index contributed by atoms with van der Waals surface area (Å²) in [7, 11) is 0. The van der Waals surface area contributed by atoms with Crippen molar-refractivity contribution in [1.82, 2.24) is 10.2 Å². The number of thioether (sulfide) groups is 2. The molecule has 0 spiro atoms. The van der Waals surface area contributed by atoms with E-state index in [0.717, 1.165) is 5.56 Å². The first-order valence-electron chi connectivity index (χ1n) is 10.5. The molecule has 0 saturated carbocycles. The number of nitrogens with zero attached hydrogens (tertiary/aromatic N) is 1. The number of esters is 1. The van der Waals surface area contributed by atoms with Gasteiger partial charge in [0.2, 0.25) is 4.87 Å². The van der Waals surface area contributed by atoms with Crippen molar-refractivity contribution >= 4 is 41.3 Å². The zero-order valence-corrected chi connectivity index (χ0v) is 20.3. The molecular formula is C24H26N2O5S2. The van der Waals surface area contributed by atoms with Gasteiger partial charge in [0, 0.05) is 0 Å². The molecule has 2 fully saturated rings. The molecule has 2 heterocycles. The maximum Gasteiger partial charge on any atom is 0.344 e. The summed E-state index contributed by atoms with van der Waals surface area (Å²) in [6.07, 6.45) is 1.81. The summed E-state index contributed by atoms with van der Waals surface area (Å²) < 4.78 is 10.5. The minimum Gasteiger partial charge on any atom is -0.484 e. The van der Waals surface area contributed by atoms with E-state index < -0.39 is 21.6 Å². The number of fused-ring (bicyclic) bond motifs is 1. The lowest BCUT2D eigenvalue weighted by atomic mass is 9.95. The second-order valence-corrected chi connectivity index (χ2v) is 11.0. The third kappa shape index (κ3) is 4.19. The number of hydrogen-bond acceptors (Lipinski definition) is 7. The van der Waals surface area contributed by atoms with E-state index in [0.29, 0.717) is 5.75 Å². The molecule has 1 N–H and O–H groups in total. The van der Waals surface area contributed by atoms with Crippen molar-refractivity contribution in [3.8, 4) is 5.75 Å². The first-order valence-corrected chi connectivity index (χ1v) is 12.6. The molecule has 3 atom stereocenters. The lowest BCUT2D eigenvalue weighted by Crippen LogP contribution is -2.74. The molecule has 9 heteroatoms. The summed E-state index contributed by atoms with van der Waals surface area (Å²) in [5.74, 6) is -0.557. The van der Waals surface area contributed by atoms with Crippen LogP contribution in [0.2, 0.25) is 0 Å². The van der Waals surface area contributed by atoms with Crippen molar-refractivity contribution in [2.75, 3.05) is 12.9 Å². The fraction of sp³-hybridized carbons (Fsp3) is 0.375. The number of ether oxygens (including phenoxy) is 2. The topological polar surface area (TPSA) is 84.9 Å². The van der Waals surface area contributed by atoms with Gasteiger partial charge in [0.1, 0.15) is 23.8 Å². The smallest absolute Gasteiger partial charge is 0.344 e. The van der Waals surface area contributed by atoms with Gasteiger partial charge < -0.3 is 19.7 Å². The maximum absolute atomic E-state index is 13.4. The van der Waals surface area contributed by atoms with Crippen LogP contribution >= 0.6 is 23.5 Å². The van der Waals surface area contributed by atoms with Gasteiger partial charge in [0.25, 0.3) is 11.8 Å². The molecule has 2 saturated heterocycles. The molecule has 2 amide bonds. The van der Waals surface area contributed by atoms with Crippen LogP contribution < -0.4 is 10.1 Å². The Morgan fingerprint density at radius 3 is 2.36 bits per heavy atom. The van der Waals surface area contributed by atoms with E-state index in [4.69, 9.17) is 9.47 Å². The number of amides is 2. The fourth-order valence-corrected chi connectivity index (χ4v) is 7.41. The predicted octanol–water partition coefficient (Wildman–Crippen LogP) is 3.05. The van der Waals surface area contributed by atoms with Gasteiger partial charge in [-0.25, -0.2) is 4.79 Å². The highest BCUT2D eigenvalue weighted by molar-refractivity contribution is 8.06. The number of carbonyl (C=O) groups excluding carboxylic acids is 3. The highest BCUT2D eigenvalue weighted by Gasteiger charge is 2.73. The van der Waals surface area contributed by atoms with Crippen molar-refractivity contribution in [1.29, 1.82) is 0 Å². The standard InChI is InChI=1S/C24H26N2O5S2/c1-23(2)24(32-3,22(29)31-14-16-10-6-4-7-11-16)26-20(28)19(21(26)33-23)25-18(27)15-30-17-12-8-5-9-13-17/h4-13,19,21H,14-15H2,1-3H3,(H,25,27)/t19-,21-,24-/m1/s1. The second-order valence-electron chi connectivity index (χ2n) is 8.28. The SMILES string of the molecule is CS[C@@]1(C(=O)OCc2ccccc2)N2C(=O)[C@@H](NC(=O)COc3ccccc3)[C@H]2SC1(C)C. The molecule has 33 heavy (non-hydrogen) atoms. The number of benzene rings is 2. The first kappa shape index (κ1) is 23.5. The lowest BCUT2D eigenvalue weighted by Gasteiger charge is -2.49. The molecule has 2 aromatic rings. The molecule has 2 aliphatic heterocycles. The van der Waals surface area contributed by atoms with Crippen molar-refractivity contribution in [3.63, 3.8) is 0 Å². The Morgan fingerprint density at radius 2 is 1.73 bits per heavy atom. The van der Waals surface area contributed by atoms with E-state index in [1.165, 1.54) is 23.5 Å². The lowest BCUT2D eigenvalue weighted by molar-refractivity contribution is -0.168. The van der Waals surface area contributed by atoms with Crippen LogP contribution in [0.5, 0.6) is 5.75 Å². The monoisotopic (exact) mass is 486 g/mol. The van der Waals surface area contributed by atoms with Crippen LogP contribution in [0.3, 0.4) is 0 Å². The van der Waals surface area contributed by atoms with Gasteiger partial charge in [-0.3, -0.25) is 9.59 Å². The summed E-state index contributed by atoms with van der Waals surface area (Å²) in [6, 6.07) is 17.7. The molecule has 0 radical (unpaired) electrons.